The number of nitrogens with zero attached hydrogens (tertiary/aromatic N) is 1. The quantitative estimate of drug-likeness (QED) is 0.708. The fourth-order valence-corrected chi connectivity index (χ4v) is 3.74. The molecule has 0 radical (unpaired) electrons. The molecule has 30 heavy (non-hydrogen) atoms. The summed E-state index contributed by atoms with van der Waals surface area (Å²) in [7, 11) is 1.00. The van der Waals surface area contributed by atoms with Gasteiger partial charge < -0.3 is 24.9 Å². The van der Waals surface area contributed by atoms with Crippen LogP contribution in [0.1, 0.15) is 58.1 Å². The summed E-state index contributed by atoms with van der Waals surface area (Å²) in [5, 5.41) is 10.5. The number of nitrogens with one attached hydrogen (secondary N) is 1. The number of rotatable bonds is 3. The van der Waals surface area contributed by atoms with Gasteiger partial charge in [-0.1, -0.05) is 0 Å². The Labute approximate surface area is 176 Å². The van der Waals surface area contributed by atoms with Crippen LogP contribution < -0.4 is 5.32 Å². The Morgan fingerprint density at radius 3 is 2.17 bits per heavy atom. The molecular formula is C22H33F3N2O3. The van der Waals surface area contributed by atoms with Gasteiger partial charge in [0.2, 0.25) is 0 Å². The summed E-state index contributed by atoms with van der Waals surface area (Å²) in [6, 6.07) is 1.26. The van der Waals surface area contributed by atoms with Gasteiger partial charge in [0.15, 0.2) is 11.6 Å². The van der Waals surface area contributed by atoms with Crippen LogP contribution in [0.4, 0.5) is 13.2 Å². The van der Waals surface area contributed by atoms with Crippen molar-refractivity contribution in [3.8, 4) is 0 Å². The highest BCUT2D eigenvalue weighted by atomic mass is 19.2. The molecule has 1 unspecified atom stereocenters. The minimum absolute atomic E-state index is 0.0413. The van der Waals surface area contributed by atoms with Crippen molar-refractivity contribution in [2.75, 3.05) is 20.2 Å². The zero-order valence-electron chi connectivity index (χ0n) is 18.2. The van der Waals surface area contributed by atoms with Gasteiger partial charge in [-0.2, -0.15) is 0 Å². The molecule has 0 bridgehead atoms. The molecular weight excluding hydrogens is 397 g/mol. The Hall–Kier alpha value is -2.06. The van der Waals surface area contributed by atoms with Crippen LogP contribution in [0, 0.1) is 17.5 Å². The second-order valence-corrected chi connectivity index (χ2v) is 8.21. The summed E-state index contributed by atoms with van der Waals surface area (Å²) in [5.41, 5.74) is 0.886. The highest BCUT2D eigenvalue weighted by molar-refractivity contribution is 5.26. The first-order chi connectivity index (χ1) is 14.2. The van der Waals surface area contributed by atoms with Crippen molar-refractivity contribution in [1.29, 1.82) is 0 Å². The molecule has 2 aliphatic rings. The third kappa shape index (κ3) is 7.02. The summed E-state index contributed by atoms with van der Waals surface area (Å²) >= 11 is 0. The van der Waals surface area contributed by atoms with E-state index in [2.05, 4.69) is 10.2 Å². The Morgan fingerprint density at radius 2 is 1.60 bits per heavy atom. The molecule has 2 heterocycles. The predicted molar refractivity (Wildman–Crippen MR) is 110 cm³/mol. The lowest BCUT2D eigenvalue weighted by Gasteiger charge is -2.41. The molecule has 0 saturated carbocycles. The average Bonchev–Trinajstić information content (AvgIpc) is 2.73. The van der Waals surface area contributed by atoms with Crippen LogP contribution in [0.25, 0.3) is 0 Å². The fourth-order valence-electron chi connectivity index (χ4n) is 3.74. The second kappa shape index (κ2) is 12.0. The van der Waals surface area contributed by atoms with E-state index in [0.717, 1.165) is 44.8 Å². The number of benzene rings is 1. The molecule has 0 aromatic heterocycles. The maximum atomic E-state index is 14.3. The lowest BCUT2D eigenvalue weighted by atomic mass is 9.92. The van der Waals surface area contributed by atoms with E-state index in [4.69, 9.17) is 14.6 Å². The molecule has 2 N–H and O–H groups in total. The SMILES string of the molecule is C=O.CC(C)(C)NC1CC(N2CCCCC2)=CO[C@@H]1c1cc(F)c(F)cc1F.CO. The number of hydrogen-bond donors (Lipinski definition) is 2. The van der Waals surface area contributed by atoms with E-state index in [1.807, 2.05) is 27.6 Å². The van der Waals surface area contributed by atoms with Crippen molar-refractivity contribution in [3.05, 3.63) is 47.1 Å². The van der Waals surface area contributed by atoms with Crippen LogP contribution in [0.5, 0.6) is 0 Å². The lowest BCUT2D eigenvalue weighted by molar-refractivity contribution is -0.0980. The van der Waals surface area contributed by atoms with Gasteiger partial charge in [0.05, 0.1) is 11.7 Å². The first kappa shape index (κ1) is 26.0. The second-order valence-electron chi connectivity index (χ2n) is 8.21. The molecule has 1 saturated heterocycles. The minimum atomic E-state index is -1.19. The van der Waals surface area contributed by atoms with Crippen molar-refractivity contribution in [2.45, 2.75) is 64.1 Å². The maximum Gasteiger partial charge on any atom is 0.161 e. The molecule has 5 nitrogen and oxygen atoms in total. The van der Waals surface area contributed by atoms with Crippen molar-refractivity contribution in [3.63, 3.8) is 0 Å². The zero-order chi connectivity index (χ0) is 22.9. The third-order valence-corrected chi connectivity index (χ3v) is 4.87. The van der Waals surface area contributed by atoms with Crippen molar-refractivity contribution in [2.24, 2.45) is 0 Å². The van der Waals surface area contributed by atoms with Gasteiger partial charge in [-0.3, -0.25) is 0 Å². The number of aliphatic hydroxyl groups is 1. The number of likely N-dealkylation sites (tertiary alicyclic amines) is 1. The van der Waals surface area contributed by atoms with E-state index >= 15 is 0 Å². The normalized spacial score (nSPS) is 21.3. The third-order valence-electron chi connectivity index (χ3n) is 4.87. The molecule has 1 aromatic carbocycles. The first-order valence-corrected chi connectivity index (χ1v) is 10.00. The van der Waals surface area contributed by atoms with Crippen LogP contribution in [0.15, 0.2) is 24.1 Å². The first-order valence-electron chi connectivity index (χ1n) is 10.00. The summed E-state index contributed by atoms with van der Waals surface area (Å²) in [6.45, 7) is 10.0. The van der Waals surface area contributed by atoms with Crippen LogP contribution in [-0.4, -0.2) is 48.6 Å². The van der Waals surface area contributed by atoms with Gasteiger partial charge in [0, 0.05) is 43.8 Å². The monoisotopic (exact) mass is 430 g/mol. The maximum absolute atomic E-state index is 14.3. The minimum Gasteiger partial charge on any atom is -0.490 e. The Kier molecular flexibility index (Phi) is 10.4. The van der Waals surface area contributed by atoms with Crippen molar-refractivity contribution >= 4 is 6.79 Å². The zero-order valence-corrected chi connectivity index (χ0v) is 18.2. The summed E-state index contributed by atoms with van der Waals surface area (Å²) in [4.78, 5) is 10.3. The molecule has 0 aliphatic carbocycles. The van der Waals surface area contributed by atoms with Gasteiger partial charge in [-0.15, -0.1) is 0 Å². The van der Waals surface area contributed by atoms with Gasteiger partial charge in [-0.05, 0) is 46.1 Å². The Balaban J connectivity index is 0.00000106. The van der Waals surface area contributed by atoms with Crippen molar-refractivity contribution in [1.82, 2.24) is 10.2 Å². The predicted octanol–water partition coefficient (Wildman–Crippen LogP) is 4.07. The molecule has 2 atom stereocenters. The van der Waals surface area contributed by atoms with E-state index in [1.54, 1.807) is 6.26 Å². The lowest BCUT2D eigenvalue weighted by Crippen LogP contribution is -2.49. The number of ether oxygens (including phenoxy) is 1. The van der Waals surface area contributed by atoms with Gasteiger partial charge >= 0.3 is 0 Å². The van der Waals surface area contributed by atoms with E-state index < -0.39 is 23.6 Å². The van der Waals surface area contributed by atoms with E-state index in [0.29, 0.717) is 12.5 Å². The van der Waals surface area contributed by atoms with Gasteiger partial charge in [0.1, 0.15) is 25.0 Å². The van der Waals surface area contributed by atoms with Gasteiger partial charge in [-0.25, -0.2) is 13.2 Å². The molecule has 1 aromatic rings. The summed E-state index contributed by atoms with van der Waals surface area (Å²) in [6.07, 6.45) is 5.14. The number of piperidine rings is 1. The largest absolute Gasteiger partial charge is 0.490 e. The molecule has 3 rings (SSSR count). The van der Waals surface area contributed by atoms with Crippen LogP contribution in [0.3, 0.4) is 0 Å². The van der Waals surface area contributed by atoms with Crippen LogP contribution >= 0.6 is 0 Å². The van der Waals surface area contributed by atoms with E-state index in [9.17, 15) is 13.2 Å². The number of halogens is 3. The number of carbonyl (C=O) groups is 1. The molecule has 2 aliphatic heterocycles. The topological polar surface area (TPSA) is 61.8 Å². The highest BCUT2D eigenvalue weighted by Gasteiger charge is 2.35. The van der Waals surface area contributed by atoms with Crippen LogP contribution in [0.2, 0.25) is 0 Å². The Morgan fingerprint density at radius 1 is 1.03 bits per heavy atom. The Bertz CT molecular complexity index is 702. The molecule has 8 heteroatoms. The van der Waals surface area contributed by atoms with Crippen molar-refractivity contribution < 1.29 is 27.8 Å². The number of carbonyl (C=O) groups excluding carboxylic acids is 1. The van der Waals surface area contributed by atoms with Crippen LogP contribution in [-0.2, 0) is 9.53 Å². The summed E-state index contributed by atoms with van der Waals surface area (Å²) < 4.78 is 47.2. The number of hydrogen-bond acceptors (Lipinski definition) is 5. The smallest absolute Gasteiger partial charge is 0.161 e. The standard InChI is InChI=1S/C20H27F3N2O.CH4O.CH2O/c1-20(2,3)24-18-9-13(25-7-5-4-6-8-25)12-26-19(18)14-10-16(22)17(23)11-15(14)21;2*1-2/h10-12,18-19,24H,4-9H2,1-3H3;2H,1H3;1H2/t18?,19-;;/m1../s1. The molecule has 0 spiro atoms. The molecule has 0 amide bonds. The number of aliphatic hydroxyl groups excluding tert-OH is 1. The fraction of sp³-hybridized carbons (Fsp3) is 0.591. The average molecular weight is 431 g/mol. The summed E-state index contributed by atoms with van der Waals surface area (Å²) in [5.74, 6) is -3.04. The highest BCUT2D eigenvalue weighted by Crippen LogP contribution is 2.35. The molecule has 1 fully saturated rings. The van der Waals surface area contributed by atoms with E-state index in [1.165, 1.54) is 6.42 Å². The van der Waals surface area contributed by atoms with Gasteiger partial charge in [0.25, 0.3) is 0 Å². The van der Waals surface area contributed by atoms with E-state index in [-0.39, 0.29) is 17.1 Å². The molecule has 170 valence electrons.